The number of nitrogens with two attached hydrogens (primary N) is 1. The number of aromatic nitrogens is 1. The fourth-order valence-corrected chi connectivity index (χ4v) is 1.57. The summed E-state index contributed by atoms with van der Waals surface area (Å²) in [5, 5.41) is 22.7. The molecule has 0 bridgehead atoms. The van der Waals surface area contributed by atoms with Gasteiger partial charge in [0.25, 0.3) is 0 Å². The number of hydrogen-bond acceptors (Lipinski definition) is 6. The lowest BCUT2D eigenvalue weighted by molar-refractivity contribution is -0.384. The molecule has 0 amide bonds. The van der Waals surface area contributed by atoms with E-state index in [2.05, 4.69) is 10.3 Å². The number of hydrogen-bond donors (Lipinski definition) is 3. The number of pyridine rings is 1. The number of nitrogen functional groups attached to an aromatic ring is 1. The van der Waals surface area contributed by atoms with E-state index < -0.39 is 4.92 Å². The van der Waals surface area contributed by atoms with Crippen molar-refractivity contribution in [2.24, 2.45) is 5.41 Å². The van der Waals surface area contributed by atoms with E-state index in [1.54, 1.807) is 0 Å². The molecule has 1 aromatic heterocycles. The van der Waals surface area contributed by atoms with E-state index in [9.17, 15) is 10.1 Å². The predicted molar refractivity (Wildman–Crippen MR) is 62.5 cm³/mol. The molecule has 0 saturated heterocycles. The summed E-state index contributed by atoms with van der Waals surface area (Å²) in [6, 6.07) is 2.84. The van der Waals surface area contributed by atoms with Crippen LogP contribution in [0.25, 0.3) is 0 Å². The third-order valence-corrected chi connectivity index (χ3v) is 3.04. The maximum atomic E-state index is 10.5. The molecule has 7 heteroatoms. The zero-order chi connectivity index (χ0) is 12.5. The van der Waals surface area contributed by atoms with Crippen molar-refractivity contribution in [3.63, 3.8) is 0 Å². The summed E-state index contributed by atoms with van der Waals surface area (Å²) in [5.74, 6) is 0.390. The molecule has 4 N–H and O–H groups in total. The van der Waals surface area contributed by atoms with Gasteiger partial charge in [-0.2, -0.15) is 0 Å². The van der Waals surface area contributed by atoms with Gasteiger partial charge in [-0.05, 0) is 18.9 Å². The summed E-state index contributed by atoms with van der Waals surface area (Å²) < 4.78 is 0. The van der Waals surface area contributed by atoms with Crippen LogP contribution < -0.4 is 11.1 Å². The van der Waals surface area contributed by atoms with E-state index in [4.69, 9.17) is 10.8 Å². The smallest absolute Gasteiger partial charge is 0.311 e. The summed E-state index contributed by atoms with van der Waals surface area (Å²) in [4.78, 5) is 13.9. The van der Waals surface area contributed by atoms with E-state index in [0.29, 0.717) is 12.4 Å². The van der Waals surface area contributed by atoms with Gasteiger partial charge in [-0.25, -0.2) is 4.98 Å². The highest BCUT2D eigenvalue weighted by Crippen LogP contribution is 2.44. The molecule has 0 atom stereocenters. The molecule has 0 aromatic carbocycles. The lowest BCUT2D eigenvalue weighted by Gasteiger charge is -2.13. The minimum Gasteiger partial charge on any atom is -0.396 e. The van der Waals surface area contributed by atoms with Gasteiger partial charge in [0.2, 0.25) is 5.82 Å². The minimum absolute atomic E-state index is 0.0434. The lowest BCUT2D eigenvalue weighted by Crippen LogP contribution is -2.19. The van der Waals surface area contributed by atoms with Crippen molar-refractivity contribution in [2.75, 3.05) is 24.2 Å². The molecule has 1 aromatic rings. The largest absolute Gasteiger partial charge is 0.396 e. The average Bonchev–Trinajstić information content (AvgIpc) is 3.07. The quantitative estimate of drug-likeness (QED) is 0.515. The second kappa shape index (κ2) is 4.17. The zero-order valence-electron chi connectivity index (χ0n) is 9.22. The Balaban J connectivity index is 2.03. The molecular weight excluding hydrogens is 224 g/mol. The third kappa shape index (κ3) is 2.44. The number of rotatable bonds is 5. The van der Waals surface area contributed by atoms with Gasteiger partial charge in [0.15, 0.2) is 0 Å². The molecule has 1 fully saturated rings. The van der Waals surface area contributed by atoms with E-state index in [0.717, 1.165) is 12.8 Å². The molecule has 0 aliphatic heterocycles. The SMILES string of the molecule is Nc1nc(NCC2(CO)CC2)ccc1[N+](=O)[O-]. The van der Waals surface area contributed by atoms with E-state index in [1.165, 1.54) is 12.1 Å². The molecule has 17 heavy (non-hydrogen) atoms. The van der Waals surface area contributed by atoms with E-state index >= 15 is 0 Å². The van der Waals surface area contributed by atoms with Crippen LogP contribution in [0.15, 0.2) is 12.1 Å². The second-order valence-corrected chi connectivity index (χ2v) is 4.37. The molecule has 1 aliphatic rings. The third-order valence-electron chi connectivity index (χ3n) is 3.04. The van der Waals surface area contributed by atoms with E-state index in [1.807, 2.05) is 0 Å². The van der Waals surface area contributed by atoms with Gasteiger partial charge in [0, 0.05) is 18.0 Å². The molecule has 7 nitrogen and oxygen atoms in total. The highest BCUT2D eigenvalue weighted by molar-refractivity contribution is 5.57. The minimum atomic E-state index is -0.567. The van der Waals surface area contributed by atoms with Gasteiger partial charge >= 0.3 is 5.69 Å². The summed E-state index contributed by atoms with van der Waals surface area (Å²) in [7, 11) is 0. The van der Waals surface area contributed by atoms with Crippen molar-refractivity contribution in [3.05, 3.63) is 22.2 Å². The summed E-state index contributed by atoms with van der Waals surface area (Å²) in [6.45, 7) is 0.746. The second-order valence-electron chi connectivity index (χ2n) is 4.37. The van der Waals surface area contributed by atoms with Crippen molar-refractivity contribution in [1.82, 2.24) is 4.98 Å². The topological polar surface area (TPSA) is 114 Å². The van der Waals surface area contributed by atoms with Crippen LogP contribution in [0.4, 0.5) is 17.3 Å². The van der Waals surface area contributed by atoms with Crippen molar-refractivity contribution < 1.29 is 10.0 Å². The Morgan fingerprint density at radius 2 is 2.29 bits per heavy atom. The van der Waals surface area contributed by atoms with Crippen LogP contribution in [-0.2, 0) is 0 Å². The first-order valence-corrected chi connectivity index (χ1v) is 5.32. The van der Waals surface area contributed by atoms with Gasteiger partial charge < -0.3 is 16.2 Å². The fourth-order valence-electron chi connectivity index (χ4n) is 1.57. The van der Waals surface area contributed by atoms with Crippen molar-refractivity contribution in [3.8, 4) is 0 Å². The number of aliphatic hydroxyl groups is 1. The first-order chi connectivity index (χ1) is 8.06. The molecule has 0 unspecified atom stereocenters. The monoisotopic (exact) mass is 238 g/mol. The van der Waals surface area contributed by atoms with Crippen LogP contribution in [-0.4, -0.2) is 28.2 Å². The van der Waals surface area contributed by atoms with Crippen LogP contribution in [0, 0.1) is 15.5 Å². The van der Waals surface area contributed by atoms with Gasteiger partial charge in [0.05, 0.1) is 11.5 Å². The van der Waals surface area contributed by atoms with Crippen LogP contribution in [0.1, 0.15) is 12.8 Å². The zero-order valence-corrected chi connectivity index (χ0v) is 9.22. The van der Waals surface area contributed by atoms with Crippen LogP contribution in [0.3, 0.4) is 0 Å². The molecule has 92 valence electrons. The number of nitrogens with zero attached hydrogens (tertiary/aromatic N) is 2. The maximum absolute atomic E-state index is 10.5. The summed E-state index contributed by atoms with van der Waals surface area (Å²) >= 11 is 0. The van der Waals surface area contributed by atoms with E-state index in [-0.39, 0.29) is 23.5 Å². The van der Waals surface area contributed by atoms with Crippen molar-refractivity contribution >= 4 is 17.3 Å². The maximum Gasteiger partial charge on any atom is 0.311 e. The summed E-state index contributed by atoms with van der Waals surface area (Å²) in [6.07, 6.45) is 1.97. The van der Waals surface area contributed by atoms with Crippen LogP contribution >= 0.6 is 0 Å². The molecule has 0 radical (unpaired) electrons. The molecular formula is C10H14N4O3. The lowest BCUT2D eigenvalue weighted by atomic mass is 10.1. The molecule has 0 spiro atoms. The predicted octanol–water partition coefficient (Wildman–Crippen LogP) is 0.756. The number of nitrogens with one attached hydrogen (secondary N) is 1. The van der Waals surface area contributed by atoms with Crippen LogP contribution in [0.5, 0.6) is 0 Å². The summed E-state index contributed by atoms with van der Waals surface area (Å²) in [5.41, 5.74) is 5.23. The van der Waals surface area contributed by atoms with Crippen LogP contribution in [0.2, 0.25) is 0 Å². The fraction of sp³-hybridized carbons (Fsp3) is 0.500. The Kier molecular flexibility index (Phi) is 2.84. The Morgan fingerprint density at radius 1 is 1.59 bits per heavy atom. The highest BCUT2D eigenvalue weighted by atomic mass is 16.6. The van der Waals surface area contributed by atoms with Gasteiger partial charge in [-0.3, -0.25) is 10.1 Å². The molecule has 1 heterocycles. The van der Waals surface area contributed by atoms with Gasteiger partial charge in [0.1, 0.15) is 5.82 Å². The highest BCUT2D eigenvalue weighted by Gasteiger charge is 2.41. The standard InChI is InChI=1S/C10H14N4O3/c11-9-7(14(16)17)1-2-8(13-9)12-5-10(6-15)3-4-10/h1-2,15H,3-6H2,(H3,11,12,13). The Hall–Kier alpha value is -1.89. The number of anilines is 2. The number of nitro groups is 1. The first-order valence-electron chi connectivity index (χ1n) is 5.32. The van der Waals surface area contributed by atoms with Gasteiger partial charge in [-0.15, -0.1) is 0 Å². The normalized spacial score (nSPS) is 16.5. The molecule has 2 rings (SSSR count). The van der Waals surface area contributed by atoms with Crippen molar-refractivity contribution in [1.29, 1.82) is 0 Å². The Morgan fingerprint density at radius 3 is 2.76 bits per heavy atom. The number of aliphatic hydroxyl groups excluding tert-OH is 1. The first kappa shape index (κ1) is 11.6. The van der Waals surface area contributed by atoms with Crippen molar-refractivity contribution in [2.45, 2.75) is 12.8 Å². The Labute approximate surface area is 97.8 Å². The van der Waals surface area contributed by atoms with Gasteiger partial charge in [-0.1, -0.05) is 0 Å². The molecule has 1 aliphatic carbocycles. The molecule has 1 saturated carbocycles. The Bertz CT molecular complexity index is 445. The average molecular weight is 238 g/mol.